The van der Waals surface area contributed by atoms with Crippen molar-refractivity contribution >= 4 is 11.4 Å². The van der Waals surface area contributed by atoms with Crippen LogP contribution in [0.1, 0.15) is 18.5 Å². The van der Waals surface area contributed by atoms with Gasteiger partial charge in [0.25, 0.3) is 0 Å². The summed E-state index contributed by atoms with van der Waals surface area (Å²) in [7, 11) is 0. The molecule has 0 bridgehead atoms. The Morgan fingerprint density at radius 2 is 2.05 bits per heavy atom. The number of aromatic nitrogens is 1. The smallest absolute Gasteiger partial charge is 0.306 e. The van der Waals surface area contributed by atoms with Crippen LogP contribution in [0.5, 0.6) is 0 Å². The molecule has 0 spiro atoms. The molecule has 1 N–H and O–H groups in total. The first-order valence-electron chi connectivity index (χ1n) is 5.78. The maximum Gasteiger partial charge on any atom is 0.306 e. The summed E-state index contributed by atoms with van der Waals surface area (Å²) in [6, 6.07) is 4.47. The first-order valence-corrected chi connectivity index (χ1v) is 5.78. The third-order valence-corrected chi connectivity index (χ3v) is 2.75. The molecule has 0 aliphatic heterocycles. The van der Waals surface area contributed by atoms with Crippen molar-refractivity contribution in [1.82, 2.24) is 4.98 Å². The highest BCUT2D eigenvalue weighted by molar-refractivity contribution is 5.52. The molecule has 0 radical (unpaired) electrons. The summed E-state index contributed by atoms with van der Waals surface area (Å²) < 4.78 is 26.3. The maximum absolute atomic E-state index is 13.2. The van der Waals surface area contributed by atoms with E-state index >= 15 is 0 Å². The second-order valence-corrected chi connectivity index (χ2v) is 4.23. The predicted octanol–water partition coefficient (Wildman–Crippen LogP) is 3.44. The molecule has 0 amide bonds. The van der Waals surface area contributed by atoms with Gasteiger partial charge >= 0.3 is 5.69 Å². The van der Waals surface area contributed by atoms with Crippen molar-refractivity contribution in [2.75, 3.05) is 5.32 Å². The molecule has 7 heteroatoms. The minimum absolute atomic E-state index is 0.330. The Kier molecular flexibility index (Phi) is 3.88. The highest BCUT2D eigenvalue weighted by atomic mass is 19.1. The average molecular weight is 279 g/mol. The van der Waals surface area contributed by atoms with Gasteiger partial charge in [-0.15, -0.1) is 0 Å². The molecule has 2 aromatic rings. The number of rotatable bonds is 4. The average Bonchev–Trinajstić information content (AvgIpc) is 2.40. The Labute approximate surface area is 113 Å². The summed E-state index contributed by atoms with van der Waals surface area (Å²) in [6.45, 7) is 1.74. The number of benzene rings is 1. The first-order chi connectivity index (χ1) is 9.47. The van der Waals surface area contributed by atoms with E-state index in [1.807, 2.05) is 0 Å². The third kappa shape index (κ3) is 3.05. The summed E-state index contributed by atoms with van der Waals surface area (Å²) in [6.07, 6.45) is 2.57. The lowest BCUT2D eigenvalue weighted by atomic mass is 10.1. The summed E-state index contributed by atoms with van der Waals surface area (Å²) in [5.41, 5.74) is 0.339. The van der Waals surface area contributed by atoms with Crippen molar-refractivity contribution in [1.29, 1.82) is 0 Å². The third-order valence-electron chi connectivity index (χ3n) is 2.75. The van der Waals surface area contributed by atoms with Crippen LogP contribution < -0.4 is 5.32 Å². The lowest BCUT2D eigenvalue weighted by Crippen LogP contribution is -2.08. The Morgan fingerprint density at radius 1 is 1.30 bits per heavy atom. The monoisotopic (exact) mass is 279 g/mol. The van der Waals surface area contributed by atoms with E-state index in [0.717, 1.165) is 18.3 Å². The number of hydrogen-bond acceptors (Lipinski definition) is 4. The number of anilines is 1. The molecule has 0 saturated carbocycles. The molecular formula is C13H11F2N3O2. The Balaban J connectivity index is 2.22. The zero-order valence-corrected chi connectivity index (χ0v) is 10.5. The van der Waals surface area contributed by atoms with Crippen molar-refractivity contribution in [2.45, 2.75) is 13.0 Å². The molecular weight excluding hydrogens is 268 g/mol. The van der Waals surface area contributed by atoms with Crippen LogP contribution in [0.4, 0.5) is 20.2 Å². The van der Waals surface area contributed by atoms with Crippen molar-refractivity contribution in [3.63, 3.8) is 0 Å². The van der Waals surface area contributed by atoms with Crippen molar-refractivity contribution in [2.24, 2.45) is 0 Å². The number of nitrogens with zero attached hydrogens (tertiary/aromatic N) is 2. The maximum atomic E-state index is 13.2. The van der Waals surface area contributed by atoms with Gasteiger partial charge in [0.15, 0.2) is 0 Å². The number of nitrogens with one attached hydrogen (secondary N) is 1. The van der Waals surface area contributed by atoms with Gasteiger partial charge in [0.1, 0.15) is 5.82 Å². The van der Waals surface area contributed by atoms with Gasteiger partial charge in [-0.1, -0.05) is 0 Å². The fourth-order valence-corrected chi connectivity index (χ4v) is 1.74. The molecule has 0 aliphatic rings. The molecule has 0 aliphatic carbocycles. The van der Waals surface area contributed by atoms with E-state index in [9.17, 15) is 18.9 Å². The van der Waals surface area contributed by atoms with E-state index in [1.165, 1.54) is 18.3 Å². The van der Waals surface area contributed by atoms with Gasteiger partial charge in [-0.25, -0.2) is 4.39 Å². The van der Waals surface area contributed by atoms with Gasteiger partial charge in [-0.05, 0) is 30.7 Å². The highest BCUT2D eigenvalue weighted by Crippen LogP contribution is 2.25. The van der Waals surface area contributed by atoms with Crippen molar-refractivity contribution in [3.8, 4) is 0 Å². The molecule has 1 aromatic heterocycles. The molecule has 0 saturated heterocycles. The predicted molar refractivity (Wildman–Crippen MR) is 69.3 cm³/mol. The topological polar surface area (TPSA) is 68.1 Å². The van der Waals surface area contributed by atoms with E-state index in [2.05, 4.69) is 10.3 Å². The minimum Gasteiger partial charge on any atom is -0.378 e. The molecule has 104 valence electrons. The molecule has 2 rings (SSSR count). The van der Waals surface area contributed by atoms with Crippen LogP contribution in [0.3, 0.4) is 0 Å². The molecule has 1 aromatic carbocycles. The molecule has 20 heavy (non-hydrogen) atoms. The van der Waals surface area contributed by atoms with E-state index in [0.29, 0.717) is 11.3 Å². The quantitative estimate of drug-likeness (QED) is 0.687. The lowest BCUT2D eigenvalue weighted by molar-refractivity contribution is -0.387. The fraction of sp³-hybridized carbons (Fsp3) is 0.154. The van der Waals surface area contributed by atoms with E-state index < -0.39 is 22.2 Å². The number of pyridine rings is 1. The number of nitro groups is 1. The van der Waals surface area contributed by atoms with Crippen LogP contribution in [0.25, 0.3) is 0 Å². The van der Waals surface area contributed by atoms with Crippen molar-refractivity contribution < 1.29 is 13.7 Å². The van der Waals surface area contributed by atoms with E-state index in [4.69, 9.17) is 0 Å². The summed E-state index contributed by atoms with van der Waals surface area (Å²) >= 11 is 0. The zero-order valence-electron chi connectivity index (χ0n) is 10.5. The zero-order chi connectivity index (χ0) is 14.7. The van der Waals surface area contributed by atoms with Gasteiger partial charge in [0.05, 0.1) is 17.2 Å². The van der Waals surface area contributed by atoms with Crippen LogP contribution in [0.2, 0.25) is 0 Å². The largest absolute Gasteiger partial charge is 0.378 e. The minimum atomic E-state index is -0.902. The number of halogens is 2. The summed E-state index contributed by atoms with van der Waals surface area (Å²) in [4.78, 5) is 13.6. The lowest BCUT2D eigenvalue weighted by Gasteiger charge is -2.15. The second kappa shape index (κ2) is 5.60. The fourth-order valence-electron chi connectivity index (χ4n) is 1.74. The molecule has 5 nitrogen and oxygen atoms in total. The van der Waals surface area contributed by atoms with Gasteiger partial charge in [-0.3, -0.25) is 15.1 Å². The number of hydrogen-bond donors (Lipinski definition) is 1. The van der Waals surface area contributed by atoms with Crippen LogP contribution in [-0.2, 0) is 0 Å². The number of nitro benzene ring substituents is 1. The molecule has 1 atom stereocenters. The van der Waals surface area contributed by atoms with Crippen molar-refractivity contribution in [3.05, 3.63) is 64.0 Å². The Bertz CT molecular complexity index is 649. The Morgan fingerprint density at radius 3 is 2.70 bits per heavy atom. The van der Waals surface area contributed by atoms with Gasteiger partial charge < -0.3 is 5.32 Å². The first kappa shape index (κ1) is 13.9. The van der Waals surface area contributed by atoms with Crippen LogP contribution in [0.15, 0.2) is 36.7 Å². The normalized spacial score (nSPS) is 11.9. The standard InChI is InChI=1S/C13H11F2N3O2/c1-8(9-4-10(14)7-16-6-9)17-11-2-3-12(15)13(5-11)18(19)20/h2-8,17H,1H3. The highest BCUT2D eigenvalue weighted by Gasteiger charge is 2.15. The molecule has 0 fully saturated rings. The van der Waals surface area contributed by atoms with Crippen LogP contribution >= 0.6 is 0 Å². The molecule has 1 unspecified atom stereocenters. The van der Waals surface area contributed by atoms with E-state index in [-0.39, 0.29) is 6.04 Å². The SMILES string of the molecule is CC(Nc1ccc(F)c([N+](=O)[O-])c1)c1cncc(F)c1. The Hall–Kier alpha value is -2.57. The summed E-state index contributed by atoms with van der Waals surface area (Å²) in [5.74, 6) is -1.37. The van der Waals surface area contributed by atoms with Gasteiger partial charge in [0, 0.05) is 18.0 Å². The molecule has 1 heterocycles. The van der Waals surface area contributed by atoms with Crippen LogP contribution in [0, 0.1) is 21.7 Å². The second-order valence-electron chi connectivity index (χ2n) is 4.23. The van der Waals surface area contributed by atoms with E-state index in [1.54, 1.807) is 6.92 Å². The van der Waals surface area contributed by atoms with Gasteiger partial charge in [0.2, 0.25) is 5.82 Å². The van der Waals surface area contributed by atoms with Crippen LogP contribution in [-0.4, -0.2) is 9.91 Å². The summed E-state index contributed by atoms with van der Waals surface area (Å²) in [5, 5.41) is 13.6. The van der Waals surface area contributed by atoms with Gasteiger partial charge in [-0.2, -0.15) is 4.39 Å².